The van der Waals surface area contributed by atoms with Gasteiger partial charge in [-0.15, -0.1) is 24.0 Å². The maximum Gasteiger partial charge on any atom is 0.194 e. The second-order valence-electron chi connectivity index (χ2n) is 7.41. The van der Waals surface area contributed by atoms with E-state index in [9.17, 15) is 0 Å². The summed E-state index contributed by atoms with van der Waals surface area (Å²) in [7, 11) is 0. The first-order valence-electron chi connectivity index (χ1n) is 9.81. The molecule has 2 unspecified atom stereocenters. The number of fused-ring (bicyclic) bond motifs is 1. The van der Waals surface area contributed by atoms with Gasteiger partial charge in [0.2, 0.25) is 0 Å². The summed E-state index contributed by atoms with van der Waals surface area (Å²) in [5, 5.41) is 10.3. The number of hydrogen-bond acceptors (Lipinski definition) is 3. The topological polar surface area (TPSA) is 69.2 Å². The predicted octanol–water partition coefficient (Wildman–Crippen LogP) is 3.68. The van der Waals surface area contributed by atoms with Gasteiger partial charge in [0, 0.05) is 25.2 Å². The summed E-state index contributed by atoms with van der Waals surface area (Å²) in [4.78, 5) is 11.6. The first-order valence-corrected chi connectivity index (χ1v) is 9.81. The normalized spacial score (nSPS) is 22.3. The van der Waals surface area contributed by atoms with Gasteiger partial charge < -0.3 is 10.2 Å². The number of H-pyrrole nitrogens is 1. The minimum absolute atomic E-state index is 0. The molecule has 1 aromatic heterocycles. The van der Waals surface area contributed by atoms with Gasteiger partial charge in [0.05, 0.1) is 6.54 Å². The van der Waals surface area contributed by atoms with Crippen LogP contribution in [0.3, 0.4) is 0 Å². The minimum atomic E-state index is 0. The second kappa shape index (κ2) is 9.52. The Labute approximate surface area is 178 Å². The molecule has 1 saturated heterocycles. The lowest BCUT2D eigenvalue weighted by Gasteiger charge is -2.22. The summed E-state index contributed by atoms with van der Waals surface area (Å²) in [5.74, 6) is 3.59. The zero-order chi connectivity index (χ0) is 17.8. The van der Waals surface area contributed by atoms with Crippen molar-refractivity contribution in [2.75, 3.05) is 19.6 Å². The van der Waals surface area contributed by atoms with E-state index in [-0.39, 0.29) is 24.0 Å². The SMILES string of the molecule is CCNC(=NCc1cccc(-c2ncn[nH]2)c1)N1CC2CCCCC2C1.I. The summed E-state index contributed by atoms with van der Waals surface area (Å²) < 4.78 is 0. The van der Waals surface area contributed by atoms with Crippen molar-refractivity contribution < 1.29 is 0 Å². The van der Waals surface area contributed by atoms with E-state index in [4.69, 9.17) is 4.99 Å². The molecule has 0 radical (unpaired) electrons. The third-order valence-electron chi connectivity index (χ3n) is 5.64. The molecule has 2 heterocycles. The number of benzene rings is 1. The van der Waals surface area contributed by atoms with Crippen LogP contribution in [-0.2, 0) is 6.54 Å². The van der Waals surface area contributed by atoms with E-state index in [1.165, 1.54) is 37.6 Å². The first-order chi connectivity index (χ1) is 12.8. The van der Waals surface area contributed by atoms with E-state index in [0.717, 1.165) is 48.8 Å². The number of likely N-dealkylation sites (tertiary alicyclic amines) is 1. The predicted molar refractivity (Wildman–Crippen MR) is 119 cm³/mol. The molecule has 0 bridgehead atoms. The van der Waals surface area contributed by atoms with E-state index in [2.05, 4.69) is 50.5 Å². The highest BCUT2D eigenvalue weighted by Gasteiger charge is 2.35. The Balaban J connectivity index is 0.00000210. The van der Waals surface area contributed by atoms with Crippen molar-refractivity contribution in [3.05, 3.63) is 36.2 Å². The van der Waals surface area contributed by atoms with Crippen LogP contribution < -0.4 is 5.32 Å². The van der Waals surface area contributed by atoms with E-state index in [1.54, 1.807) is 0 Å². The van der Waals surface area contributed by atoms with Crippen molar-refractivity contribution in [1.29, 1.82) is 0 Å². The monoisotopic (exact) mass is 480 g/mol. The molecule has 146 valence electrons. The lowest BCUT2D eigenvalue weighted by Crippen LogP contribution is -2.40. The zero-order valence-corrected chi connectivity index (χ0v) is 18.2. The molecule has 2 aliphatic rings. The number of hydrogen-bond donors (Lipinski definition) is 2. The molecule has 2 fully saturated rings. The summed E-state index contributed by atoms with van der Waals surface area (Å²) in [5.41, 5.74) is 2.23. The Hall–Kier alpha value is -1.64. The quantitative estimate of drug-likeness (QED) is 0.398. The van der Waals surface area contributed by atoms with Gasteiger partial charge in [0.15, 0.2) is 11.8 Å². The Morgan fingerprint density at radius 3 is 2.70 bits per heavy atom. The summed E-state index contributed by atoms with van der Waals surface area (Å²) in [6.07, 6.45) is 7.12. The van der Waals surface area contributed by atoms with Gasteiger partial charge in [-0.2, -0.15) is 5.10 Å². The van der Waals surface area contributed by atoms with E-state index >= 15 is 0 Å². The average molecular weight is 480 g/mol. The maximum absolute atomic E-state index is 4.93. The molecular weight excluding hydrogens is 451 g/mol. The van der Waals surface area contributed by atoms with E-state index in [1.807, 2.05) is 6.07 Å². The molecule has 2 aromatic rings. The third kappa shape index (κ3) is 4.80. The number of aromatic amines is 1. The first kappa shape index (κ1) is 20.1. The lowest BCUT2D eigenvalue weighted by molar-refractivity contribution is 0.299. The van der Waals surface area contributed by atoms with E-state index in [0.29, 0.717) is 6.54 Å². The Kier molecular flexibility index (Phi) is 7.09. The Bertz CT molecular complexity index is 731. The molecule has 7 heteroatoms. The highest BCUT2D eigenvalue weighted by molar-refractivity contribution is 14.0. The van der Waals surface area contributed by atoms with Crippen molar-refractivity contribution in [1.82, 2.24) is 25.4 Å². The minimum Gasteiger partial charge on any atom is -0.357 e. The van der Waals surface area contributed by atoms with Crippen molar-refractivity contribution in [2.24, 2.45) is 16.8 Å². The molecule has 27 heavy (non-hydrogen) atoms. The summed E-state index contributed by atoms with van der Waals surface area (Å²) in [6, 6.07) is 8.36. The van der Waals surface area contributed by atoms with Crippen molar-refractivity contribution in [3.63, 3.8) is 0 Å². The molecule has 6 nitrogen and oxygen atoms in total. The fourth-order valence-corrected chi connectivity index (χ4v) is 4.33. The highest BCUT2D eigenvalue weighted by atomic mass is 127. The van der Waals surface area contributed by atoms with Gasteiger partial charge in [-0.3, -0.25) is 5.10 Å². The molecule has 2 N–H and O–H groups in total. The van der Waals surface area contributed by atoms with Crippen molar-refractivity contribution in [3.8, 4) is 11.4 Å². The molecular formula is C20H29IN6. The smallest absolute Gasteiger partial charge is 0.194 e. The Morgan fingerprint density at radius 2 is 2.04 bits per heavy atom. The molecule has 2 atom stereocenters. The third-order valence-corrected chi connectivity index (χ3v) is 5.64. The van der Waals surface area contributed by atoms with E-state index < -0.39 is 0 Å². The fourth-order valence-electron chi connectivity index (χ4n) is 4.33. The van der Waals surface area contributed by atoms with Crippen molar-refractivity contribution in [2.45, 2.75) is 39.2 Å². The molecule has 1 aliphatic carbocycles. The number of aliphatic imine (C=N–C) groups is 1. The van der Waals surface area contributed by atoms with Crippen LogP contribution in [0.25, 0.3) is 11.4 Å². The maximum atomic E-state index is 4.93. The number of aromatic nitrogens is 3. The standard InChI is InChI=1S/C20H28N6.HI/c1-2-21-20(26-12-17-7-3-4-8-18(17)13-26)22-11-15-6-5-9-16(10-15)19-23-14-24-25-19;/h5-6,9-10,14,17-18H,2-4,7-8,11-13H2,1H3,(H,21,22)(H,23,24,25);1H. The van der Waals surface area contributed by atoms with Crippen LogP contribution >= 0.6 is 24.0 Å². The Morgan fingerprint density at radius 1 is 1.26 bits per heavy atom. The van der Waals surface area contributed by atoms with Crippen LogP contribution in [0, 0.1) is 11.8 Å². The van der Waals surface area contributed by atoms with Crippen LogP contribution in [0.4, 0.5) is 0 Å². The summed E-state index contributed by atoms with van der Waals surface area (Å²) in [6.45, 7) is 6.05. The molecule has 1 aliphatic heterocycles. The fraction of sp³-hybridized carbons (Fsp3) is 0.550. The van der Waals surface area contributed by atoms with Crippen LogP contribution in [0.5, 0.6) is 0 Å². The van der Waals surface area contributed by atoms with Gasteiger partial charge in [0.1, 0.15) is 6.33 Å². The van der Waals surface area contributed by atoms with Gasteiger partial charge in [-0.05, 0) is 43.2 Å². The second-order valence-corrected chi connectivity index (χ2v) is 7.41. The molecule has 0 spiro atoms. The lowest BCUT2D eigenvalue weighted by atomic mass is 9.82. The van der Waals surface area contributed by atoms with Gasteiger partial charge in [0.25, 0.3) is 0 Å². The largest absolute Gasteiger partial charge is 0.357 e. The van der Waals surface area contributed by atoms with Gasteiger partial charge in [-0.1, -0.05) is 31.0 Å². The van der Waals surface area contributed by atoms with Crippen LogP contribution in [0.1, 0.15) is 38.2 Å². The zero-order valence-electron chi connectivity index (χ0n) is 15.9. The average Bonchev–Trinajstić information content (AvgIpc) is 3.34. The van der Waals surface area contributed by atoms with Crippen molar-refractivity contribution >= 4 is 29.9 Å². The molecule has 1 saturated carbocycles. The van der Waals surface area contributed by atoms with Crippen LogP contribution in [0.15, 0.2) is 35.6 Å². The molecule has 1 aromatic carbocycles. The van der Waals surface area contributed by atoms with Gasteiger partial charge >= 0.3 is 0 Å². The molecule has 0 amide bonds. The van der Waals surface area contributed by atoms with Crippen LogP contribution in [0.2, 0.25) is 0 Å². The number of nitrogens with zero attached hydrogens (tertiary/aromatic N) is 4. The van der Waals surface area contributed by atoms with Crippen LogP contribution in [-0.4, -0.2) is 45.7 Å². The number of rotatable bonds is 4. The number of nitrogens with one attached hydrogen (secondary N) is 2. The number of guanidine groups is 1. The van der Waals surface area contributed by atoms with Gasteiger partial charge in [-0.25, -0.2) is 9.98 Å². The summed E-state index contributed by atoms with van der Waals surface area (Å²) >= 11 is 0. The highest BCUT2D eigenvalue weighted by Crippen LogP contribution is 2.36. The molecule has 4 rings (SSSR count). The number of halogens is 1.